The van der Waals surface area contributed by atoms with Crippen LogP contribution in [0.5, 0.6) is 0 Å². The van der Waals surface area contributed by atoms with E-state index in [-0.39, 0.29) is 43.4 Å². The molecular formula is C27H33F5N6O2S. The minimum atomic E-state index is -4.42. The Labute approximate surface area is 238 Å². The smallest absolute Gasteiger partial charge is 0.349 e. The number of halogens is 5. The van der Waals surface area contributed by atoms with Gasteiger partial charge in [-0.25, -0.2) is 18.4 Å². The first-order valence-electron chi connectivity index (χ1n) is 13.5. The third kappa shape index (κ3) is 8.20. The van der Waals surface area contributed by atoms with Crippen molar-refractivity contribution in [1.82, 2.24) is 24.7 Å². The number of hydrogen-bond acceptors (Lipinski definition) is 6. The molecular weight excluding hydrogens is 567 g/mol. The number of nitrogens with one attached hydrogen (secondary N) is 2. The van der Waals surface area contributed by atoms with Crippen LogP contribution in [0.1, 0.15) is 91.9 Å². The van der Waals surface area contributed by atoms with Crippen LogP contribution < -0.4 is 10.6 Å². The van der Waals surface area contributed by atoms with Gasteiger partial charge in [0.15, 0.2) is 5.82 Å². The molecule has 0 aliphatic heterocycles. The monoisotopic (exact) mass is 600 g/mol. The fourth-order valence-corrected chi connectivity index (χ4v) is 5.84. The lowest BCUT2D eigenvalue weighted by Gasteiger charge is -2.33. The van der Waals surface area contributed by atoms with Crippen molar-refractivity contribution in [2.75, 3.05) is 0 Å². The number of hydrogen-bond donors (Lipinski definition) is 2. The molecule has 2 saturated carbocycles. The lowest BCUT2D eigenvalue weighted by Crippen LogP contribution is -2.37. The van der Waals surface area contributed by atoms with Gasteiger partial charge in [-0.2, -0.15) is 22.6 Å². The number of carbonyl (C=O) groups excluding carboxylic acids is 2. The van der Waals surface area contributed by atoms with Gasteiger partial charge in [0.25, 0.3) is 5.91 Å². The van der Waals surface area contributed by atoms with Crippen LogP contribution >= 0.6 is 11.5 Å². The largest absolute Gasteiger partial charge is 0.389 e. The first-order valence-corrected chi connectivity index (χ1v) is 14.3. The van der Waals surface area contributed by atoms with Gasteiger partial charge in [-0.05, 0) is 74.5 Å². The summed E-state index contributed by atoms with van der Waals surface area (Å²) in [6.07, 6.45) is -1.61. The molecule has 2 amide bonds. The second-order valence-corrected chi connectivity index (χ2v) is 11.5. The van der Waals surface area contributed by atoms with E-state index in [0.29, 0.717) is 28.3 Å². The summed E-state index contributed by atoms with van der Waals surface area (Å²) in [4.78, 5) is 30.1. The van der Waals surface area contributed by atoms with Gasteiger partial charge in [0.2, 0.25) is 11.8 Å². The number of rotatable bonds is 11. The quantitative estimate of drug-likeness (QED) is 0.242. The van der Waals surface area contributed by atoms with Crippen LogP contribution in [0.15, 0.2) is 22.3 Å². The average molecular weight is 601 g/mol. The van der Waals surface area contributed by atoms with E-state index >= 15 is 0 Å². The van der Waals surface area contributed by atoms with Crippen LogP contribution in [-0.4, -0.2) is 50.7 Å². The highest BCUT2D eigenvalue weighted by molar-refractivity contribution is 7.03. The number of imidazole rings is 1. The number of carbonyl (C=O) groups is 2. The van der Waals surface area contributed by atoms with Gasteiger partial charge in [0, 0.05) is 31.4 Å². The van der Waals surface area contributed by atoms with E-state index in [0.717, 1.165) is 24.4 Å². The summed E-state index contributed by atoms with van der Waals surface area (Å²) in [5.41, 5.74) is 2.04. The van der Waals surface area contributed by atoms with Crippen molar-refractivity contribution >= 4 is 36.1 Å². The van der Waals surface area contributed by atoms with E-state index in [1.165, 1.54) is 4.68 Å². The number of alkyl halides is 5. The Morgan fingerprint density at radius 1 is 1.22 bits per heavy atom. The normalized spacial score (nSPS) is 19.4. The predicted octanol–water partition coefficient (Wildman–Crippen LogP) is 6.05. The van der Waals surface area contributed by atoms with Crippen molar-refractivity contribution in [2.24, 2.45) is 16.9 Å². The van der Waals surface area contributed by atoms with Crippen LogP contribution in [-0.2, 0) is 4.79 Å². The minimum absolute atomic E-state index is 0.0964. The maximum atomic E-state index is 14.0. The van der Waals surface area contributed by atoms with Gasteiger partial charge in [0.1, 0.15) is 0 Å². The molecule has 0 spiro atoms. The van der Waals surface area contributed by atoms with Crippen molar-refractivity contribution in [3.05, 3.63) is 39.9 Å². The first kappa shape index (κ1) is 30.8. The Morgan fingerprint density at radius 3 is 2.46 bits per heavy atom. The van der Waals surface area contributed by atoms with Gasteiger partial charge in [-0.3, -0.25) is 9.59 Å². The zero-order chi connectivity index (χ0) is 29.9. The molecule has 2 aromatic rings. The zero-order valence-electron chi connectivity index (χ0n) is 22.8. The molecule has 0 bridgehead atoms. The molecule has 0 aromatic carbocycles. The maximum Gasteiger partial charge on any atom is 0.389 e. The van der Waals surface area contributed by atoms with Gasteiger partial charge in [-0.1, -0.05) is 0 Å². The third-order valence-electron chi connectivity index (χ3n) is 7.61. The molecule has 224 valence electrons. The minimum Gasteiger partial charge on any atom is -0.349 e. The number of aryl methyl sites for hydroxylation is 1. The summed E-state index contributed by atoms with van der Waals surface area (Å²) in [6, 6.07) is -1.16. The summed E-state index contributed by atoms with van der Waals surface area (Å²) >= 11 is 1.14. The fraction of sp³-hybridized carbons (Fsp3) is 0.593. The second kappa shape index (κ2) is 12.4. The standard InChI is InChI=1S/C27H33F5N6O2S/c1-15(23(17-4-5-17)35-22(39)8-11-27(30,31)32)12-21-34-20(13-38(21)33-3)24(18-6-9-26(28,29)10-7-18)36-25(40)19-14-41-37-16(19)2/h12-14,17-18,23-24H,3-11H2,1-2H3,(H,35,39)(H,36,40)/b15-12+/t23-,24-/m0/s1. The van der Waals surface area contributed by atoms with Gasteiger partial charge >= 0.3 is 6.18 Å². The third-order valence-corrected chi connectivity index (χ3v) is 8.33. The van der Waals surface area contributed by atoms with Crippen molar-refractivity contribution in [3.8, 4) is 0 Å². The molecule has 4 rings (SSSR count). The number of aromatic nitrogens is 3. The Morgan fingerprint density at radius 2 is 1.90 bits per heavy atom. The predicted molar refractivity (Wildman–Crippen MR) is 145 cm³/mol. The Hall–Kier alpha value is -3.16. The van der Waals surface area contributed by atoms with E-state index < -0.39 is 42.9 Å². The highest BCUT2D eigenvalue weighted by Crippen LogP contribution is 2.42. The van der Waals surface area contributed by atoms with Gasteiger partial charge in [0.05, 0.1) is 41.7 Å². The van der Waals surface area contributed by atoms with Gasteiger partial charge < -0.3 is 10.6 Å². The molecule has 2 aliphatic rings. The molecule has 8 nitrogen and oxygen atoms in total. The summed E-state index contributed by atoms with van der Waals surface area (Å²) in [5.74, 6) is -3.70. The van der Waals surface area contributed by atoms with Crippen LogP contribution in [0, 0.1) is 18.8 Å². The van der Waals surface area contributed by atoms with E-state index in [9.17, 15) is 31.5 Å². The molecule has 0 saturated heterocycles. The zero-order valence-corrected chi connectivity index (χ0v) is 23.6. The van der Waals surface area contributed by atoms with E-state index in [1.807, 2.05) is 0 Å². The maximum absolute atomic E-state index is 14.0. The highest BCUT2D eigenvalue weighted by Gasteiger charge is 2.40. The molecule has 2 fully saturated rings. The summed E-state index contributed by atoms with van der Waals surface area (Å²) in [6.45, 7) is 7.04. The number of nitrogens with zero attached hydrogens (tertiary/aromatic N) is 4. The summed E-state index contributed by atoms with van der Waals surface area (Å²) in [7, 11) is 0. The molecule has 2 atom stereocenters. The molecule has 0 radical (unpaired) electrons. The SMILES string of the molecule is C=Nn1cc([C@@H](NC(=O)c2csnc2C)C2CCC(F)(F)CC2)nc1/C=C(\C)[C@H](NC(=O)CCC(F)(F)F)C1CC1. The summed E-state index contributed by atoms with van der Waals surface area (Å²) in [5, 5.41) is 11.3. The Kier molecular flexibility index (Phi) is 9.29. The second-order valence-electron chi connectivity index (χ2n) is 10.9. The van der Waals surface area contributed by atoms with Crippen molar-refractivity contribution in [2.45, 2.75) is 89.4 Å². The van der Waals surface area contributed by atoms with Crippen LogP contribution in [0.3, 0.4) is 0 Å². The average Bonchev–Trinajstić information content (AvgIpc) is 3.52. The Bertz CT molecular complexity index is 1290. The van der Waals surface area contributed by atoms with E-state index in [1.54, 1.807) is 31.5 Å². The Balaban J connectivity index is 1.59. The molecule has 2 heterocycles. The lowest BCUT2D eigenvalue weighted by molar-refractivity contribution is -0.144. The van der Waals surface area contributed by atoms with Crippen LogP contribution in [0.2, 0.25) is 0 Å². The van der Waals surface area contributed by atoms with Crippen molar-refractivity contribution < 1.29 is 31.5 Å². The lowest BCUT2D eigenvalue weighted by atomic mass is 9.81. The molecule has 2 aromatic heterocycles. The van der Waals surface area contributed by atoms with Crippen molar-refractivity contribution in [1.29, 1.82) is 0 Å². The molecule has 14 heteroatoms. The van der Waals surface area contributed by atoms with Gasteiger partial charge in [-0.15, -0.1) is 0 Å². The molecule has 2 aliphatic carbocycles. The fourth-order valence-electron chi connectivity index (χ4n) is 5.15. The molecule has 41 heavy (non-hydrogen) atoms. The topological polar surface area (TPSA) is 101 Å². The highest BCUT2D eigenvalue weighted by atomic mass is 32.1. The van der Waals surface area contributed by atoms with E-state index in [2.05, 4.69) is 31.8 Å². The summed E-state index contributed by atoms with van der Waals surface area (Å²) < 4.78 is 71.2. The van der Waals surface area contributed by atoms with E-state index in [4.69, 9.17) is 0 Å². The molecule has 0 unspecified atom stereocenters. The molecule has 2 N–H and O–H groups in total. The van der Waals surface area contributed by atoms with Crippen molar-refractivity contribution in [3.63, 3.8) is 0 Å². The van der Waals surface area contributed by atoms with Crippen LogP contribution in [0.4, 0.5) is 22.0 Å². The first-order chi connectivity index (χ1) is 19.3. The number of amides is 2. The van der Waals surface area contributed by atoms with Crippen LogP contribution in [0.25, 0.3) is 6.08 Å².